The fourth-order valence-electron chi connectivity index (χ4n) is 1.49. The summed E-state index contributed by atoms with van der Waals surface area (Å²) in [7, 11) is 0. The molecule has 0 spiro atoms. The number of nitrogens with zero attached hydrogens (tertiary/aromatic N) is 2. The van der Waals surface area contributed by atoms with Crippen LogP contribution in [0.15, 0.2) is 18.5 Å². The molecule has 0 aliphatic carbocycles. The van der Waals surface area contributed by atoms with Crippen molar-refractivity contribution in [3.63, 3.8) is 0 Å². The fourth-order valence-corrected chi connectivity index (χ4v) is 1.49. The standard InChI is InChI=1S/C11H9F3N2/c1-6-7(2)16(5-15-6)11-9(13)3-8(12)4-10(11)14/h3-5H,1-2H3. The van der Waals surface area contributed by atoms with Crippen LogP contribution in [0.25, 0.3) is 5.69 Å². The zero-order valence-corrected chi connectivity index (χ0v) is 8.76. The van der Waals surface area contributed by atoms with Gasteiger partial charge in [0.05, 0.1) is 12.0 Å². The van der Waals surface area contributed by atoms with Gasteiger partial charge in [0.15, 0.2) is 11.6 Å². The zero-order chi connectivity index (χ0) is 11.9. The van der Waals surface area contributed by atoms with Gasteiger partial charge >= 0.3 is 0 Å². The summed E-state index contributed by atoms with van der Waals surface area (Å²) in [6, 6.07) is 1.29. The summed E-state index contributed by atoms with van der Waals surface area (Å²) in [5.41, 5.74) is 0.979. The molecule has 2 nitrogen and oxygen atoms in total. The topological polar surface area (TPSA) is 17.8 Å². The number of rotatable bonds is 1. The summed E-state index contributed by atoms with van der Waals surface area (Å²) in [6.45, 7) is 3.41. The lowest BCUT2D eigenvalue weighted by atomic mass is 10.2. The van der Waals surface area contributed by atoms with E-state index in [0.717, 1.165) is 0 Å². The van der Waals surface area contributed by atoms with Crippen molar-refractivity contribution in [3.8, 4) is 5.69 Å². The molecule has 0 saturated carbocycles. The van der Waals surface area contributed by atoms with Crippen molar-refractivity contribution in [3.05, 3.63) is 47.3 Å². The minimum absolute atomic E-state index is 0.306. The quantitative estimate of drug-likeness (QED) is 0.731. The Hall–Kier alpha value is -1.78. The maximum atomic E-state index is 13.5. The second kappa shape index (κ2) is 3.66. The summed E-state index contributed by atoms with van der Waals surface area (Å²) in [5.74, 6) is -2.83. The number of hydrogen-bond donors (Lipinski definition) is 0. The number of aryl methyl sites for hydroxylation is 1. The molecule has 2 aromatic rings. The Morgan fingerprint density at radius 3 is 2.06 bits per heavy atom. The van der Waals surface area contributed by atoms with Gasteiger partial charge in [-0.05, 0) is 13.8 Å². The van der Waals surface area contributed by atoms with Crippen LogP contribution in [0.5, 0.6) is 0 Å². The van der Waals surface area contributed by atoms with Crippen LogP contribution in [-0.2, 0) is 0 Å². The van der Waals surface area contributed by atoms with E-state index in [4.69, 9.17) is 0 Å². The number of benzene rings is 1. The van der Waals surface area contributed by atoms with E-state index in [2.05, 4.69) is 4.98 Å². The summed E-state index contributed by atoms with van der Waals surface area (Å²) < 4.78 is 40.9. The van der Waals surface area contributed by atoms with Crippen molar-refractivity contribution in [1.29, 1.82) is 0 Å². The highest BCUT2D eigenvalue weighted by Crippen LogP contribution is 2.21. The van der Waals surface area contributed by atoms with Gasteiger partial charge in [0, 0.05) is 17.8 Å². The van der Waals surface area contributed by atoms with Crippen LogP contribution in [0.1, 0.15) is 11.4 Å². The predicted octanol–water partition coefficient (Wildman–Crippen LogP) is 2.91. The van der Waals surface area contributed by atoms with Crippen molar-refractivity contribution in [1.82, 2.24) is 9.55 Å². The Balaban J connectivity index is 2.69. The molecule has 0 bridgehead atoms. The first-order valence-corrected chi connectivity index (χ1v) is 4.66. The molecule has 0 N–H and O–H groups in total. The van der Waals surface area contributed by atoms with Gasteiger partial charge in [0.2, 0.25) is 0 Å². The summed E-state index contributed by atoms with van der Waals surface area (Å²) in [4.78, 5) is 3.93. The van der Waals surface area contributed by atoms with Gasteiger partial charge in [-0.15, -0.1) is 0 Å². The molecule has 0 fully saturated rings. The fraction of sp³-hybridized carbons (Fsp3) is 0.182. The van der Waals surface area contributed by atoms with Gasteiger partial charge < -0.3 is 0 Å². The average molecular weight is 226 g/mol. The molecule has 1 aromatic carbocycles. The molecule has 1 aromatic heterocycles. The smallest absolute Gasteiger partial charge is 0.153 e. The second-order valence-corrected chi connectivity index (χ2v) is 3.50. The SMILES string of the molecule is Cc1ncn(-c2c(F)cc(F)cc2F)c1C. The first-order chi connectivity index (χ1) is 7.50. The number of hydrogen-bond acceptors (Lipinski definition) is 1. The van der Waals surface area contributed by atoms with Crippen LogP contribution in [0, 0.1) is 31.3 Å². The highest BCUT2D eigenvalue weighted by molar-refractivity contribution is 5.38. The van der Waals surface area contributed by atoms with Gasteiger partial charge in [0.25, 0.3) is 0 Å². The lowest BCUT2D eigenvalue weighted by Gasteiger charge is -2.08. The molecule has 0 unspecified atom stereocenters. The highest BCUT2D eigenvalue weighted by Gasteiger charge is 2.15. The number of aromatic nitrogens is 2. The Morgan fingerprint density at radius 1 is 1.06 bits per heavy atom. The first kappa shape index (κ1) is 10.7. The van der Waals surface area contributed by atoms with E-state index in [0.29, 0.717) is 23.5 Å². The third kappa shape index (κ3) is 1.58. The van der Waals surface area contributed by atoms with E-state index >= 15 is 0 Å². The summed E-state index contributed by atoms with van der Waals surface area (Å²) >= 11 is 0. The van der Waals surface area contributed by atoms with Crippen LogP contribution in [0.3, 0.4) is 0 Å². The molecule has 2 rings (SSSR count). The average Bonchev–Trinajstić information content (AvgIpc) is 2.48. The lowest BCUT2D eigenvalue weighted by Crippen LogP contribution is -2.03. The second-order valence-electron chi connectivity index (χ2n) is 3.50. The molecular weight excluding hydrogens is 217 g/mol. The molecule has 0 radical (unpaired) electrons. The Bertz CT molecular complexity index is 523. The molecule has 0 saturated heterocycles. The monoisotopic (exact) mass is 226 g/mol. The minimum atomic E-state index is -0.946. The van der Waals surface area contributed by atoms with E-state index in [1.54, 1.807) is 13.8 Å². The summed E-state index contributed by atoms with van der Waals surface area (Å²) in [6.07, 6.45) is 1.31. The maximum absolute atomic E-state index is 13.5. The van der Waals surface area contributed by atoms with Crippen molar-refractivity contribution in [2.24, 2.45) is 0 Å². The molecule has 16 heavy (non-hydrogen) atoms. The highest BCUT2D eigenvalue weighted by atomic mass is 19.1. The van der Waals surface area contributed by atoms with Crippen LogP contribution in [0.2, 0.25) is 0 Å². The largest absolute Gasteiger partial charge is 0.298 e. The molecule has 0 amide bonds. The van der Waals surface area contributed by atoms with Crippen molar-refractivity contribution >= 4 is 0 Å². The van der Waals surface area contributed by atoms with Crippen molar-refractivity contribution in [2.75, 3.05) is 0 Å². The molecule has 0 aliphatic heterocycles. The number of imidazole rings is 1. The van der Waals surface area contributed by atoms with Crippen molar-refractivity contribution < 1.29 is 13.2 Å². The maximum Gasteiger partial charge on any atom is 0.153 e. The predicted molar refractivity (Wildman–Crippen MR) is 52.9 cm³/mol. The molecule has 0 aliphatic rings. The normalized spacial score (nSPS) is 10.8. The number of halogens is 3. The zero-order valence-electron chi connectivity index (χ0n) is 8.76. The van der Waals surface area contributed by atoms with Crippen LogP contribution < -0.4 is 0 Å². The Labute approximate surface area is 90.4 Å². The molecular formula is C11H9F3N2. The van der Waals surface area contributed by atoms with Crippen LogP contribution in [-0.4, -0.2) is 9.55 Å². The molecule has 5 heteroatoms. The van der Waals surface area contributed by atoms with E-state index in [9.17, 15) is 13.2 Å². The molecule has 0 atom stereocenters. The van der Waals surface area contributed by atoms with Crippen LogP contribution >= 0.6 is 0 Å². The first-order valence-electron chi connectivity index (χ1n) is 4.66. The molecule has 84 valence electrons. The third-order valence-electron chi connectivity index (χ3n) is 2.47. The van der Waals surface area contributed by atoms with E-state index in [1.807, 2.05) is 0 Å². The van der Waals surface area contributed by atoms with E-state index < -0.39 is 17.5 Å². The summed E-state index contributed by atoms with van der Waals surface area (Å²) in [5, 5.41) is 0. The van der Waals surface area contributed by atoms with Gasteiger partial charge in [-0.3, -0.25) is 4.57 Å². The Kier molecular flexibility index (Phi) is 2.46. The third-order valence-corrected chi connectivity index (χ3v) is 2.47. The van der Waals surface area contributed by atoms with Gasteiger partial charge in [-0.1, -0.05) is 0 Å². The Morgan fingerprint density at radius 2 is 1.62 bits per heavy atom. The molecule has 1 heterocycles. The van der Waals surface area contributed by atoms with Gasteiger partial charge in [-0.2, -0.15) is 0 Å². The lowest BCUT2D eigenvalue weighted by molar-refractivity contribution is 0.533. The van der Waals surface area contributed by atoms with Gasteiger partial charge in [0.1, 0.15) is 11.5 Å². The van der Waals surface area contributed by atoms with Gasteiger partial charge in [-0.25, -0.2) is 18.2 Å². The minimum Gasteiger partial charge on any atom is -0.298 e. The van der Waals surface area contributed by atoms with E-state index in [1.165, 1.54) is 10.9 Å². The van der Waals surface area contributed by atoms with Crippen LogP contribution in [0.4, 0.5) is 13.2 Å². The van der Waals surface area contributed by atoms with E-state index in [-0.39, 0.29) is 5.69 Å². The van der Waals surface area contributed by atoms with Crippen molar-refractivity contribution in [2.45, 2.75) is 13.8 Å².